The average molecular weight is 453 g/mol. The Balaban J connectivity index is 1.45. The second kappa shape index (κ2) is 7.99. The number of fused-ring (bicyclic) bond motifs is 1. The maximum Gasteiger partial charge on any atom is 0.351 e. The van der Waals surface area contributed by atoms with Crippen LogP contribution in [0.15, 0.2) is 53.3 Å². The van der Waals surface area contributed by atoms with E-state index in [-0.39, 0.29) is 17.5 Å². The number of ether oxygens (including phenoxy) is 1. The van der Waals surface area contributed by atoms with Crippen LogP contribution in [0.3, 0.4) is 0 Å². The Morgan fingerprint density at radius 3 is 2.72 bits per heavy atom. The molecule has 32 heavy (non-hydrogen) atoms. The van der Waals surface area contributed by atoms with E-state index in [4.69, 9.17) is 4.74 Å². The van der Waals surface area contributed by atoms with Crippen LogP contribution in [0.1, 0.15) is 47.6 Å². The van der Waals surface area contributed by atoms with E-state index in [9.17, 15) is 14.3 Å². The van der Waals surface area contributed by atoms with Gasteiger partial charge in [0.1, 0.15) is 16.9 Å². The number of thiazole rings is 1. The zero-order valence-electron chi connectivity index (χ0n) is 17.5. The van der Waals surface area contributed by atoms with Crippen LogP contribution in [0.2, 0.25) is 0 Å². The number of benzene rings is 2. The van der Waals surface area contributed by atoms with Crippen molar-refractivity contribution in [3.63, 3.8) is 0 Å². The van der Waals surface area contributed by atoms with Gasteiger partial charge in [0.2, 0.25) is 5.06 Å². The SMILES string of the molecule is Cc1nc([C@@H](C)O)sc1Oc1ccc(-n2nc3n(c2=O)[C@H](c2ccccc2)CC3)cc1F. The van der Waals surface area contributed by atoms with Gasteiger partial charge in [0.15, 0.2) is 11.6 Å². The first-order valence-electron chi connectivity index (χ1n) is 10.3. The summed E-state index contributed by atoms with van der Waals surface area (Å²) in [5.41, 5.74) is 1.67. The number of aryl methyl sites for hydroxylation is 2. The molecule has 0 unspecified atom stereocenters. The summed E-state index contributed by atoms with van der Waals surface area (Å²) in [4.78, 5) is 17.4. The Morgan fingerprint density at radius 1 is 1.25 bits per heavy atom. The summed E-state index contributed by atoms with van der Waals surface area (Å²) in [5, 5.41) is 15.1. The topological polar surface area (TPSA) is 82.2 Å². The molecule has 0 radical (unpaired) electrons. The molecule has 0 fully saturated rings. The van der Waals surface area contributed by atoms with Gasteiger partial charge in [-0.1, -0.05) is 41.7 Å². The third kappa shape index (κ3) is 3.53. The Kier molecular flexibility index (Phi) is 5.15. The zero-order chi connectivity index (χ0) is 22.4. The molecular weight excluding hydrogens is 431 g/mol. The quantitative estimate of drug-likeness (QED) is 0.488. The molecule has 1 N–H and O–H groups in total. The van der Waals surface area contributed by atoms with Crippen LogP contribution in [0.25, 0.3) is 5.69 Å². The highest BCUT2D eigenvalue weighted by Crippen LogP contribution is 2.35. The minimum absolute atomic E-state index is 0.0135. The molecule has 164 valence electrons. The fraction of sp³-hybridized carbons (Fsp3) is 0.261. The summed E-state index contributed by atoms with van der Waals surface area (Å²) in [7, 11) is 0. The predicted molar refractivity (Wildman–Crippen MR) is 118 cm³/mol. The minimum Gasteiger partial charge on any atom is -0.442 e. The van der Waals surface area contributed by atoms with E-state index in [1.807, 2.05) is 30.3 Å². The van der Waals surface area contributed by atoms with E-state index < -0.39 is 11.9 Å². The Bertz CT molecular complexity index is 1340. The average Bonchev–Trinajstić information content (AvgIpc) is 3.45. The standard InChI is InChI=1S/C23H21FN4O3S/c1-13-22(32-21(25-13)14(2)29)31-19-10-8-16(12-17(19)24)28-23(30)27-18(9-11-20(27)26-28)15-6-4-3-5-7-15/h3-8,10,12,14,18,29H,9,11H2,1-2H3/t14-,18+/m1/s1. The highest BCUT2D eigenvalue weighted by Gasteiger charge is 2.29. The Morgan fingerprint density at radius 2 is 2.03 bits per heavy atom. The summed E-state index contributed by atoms with van der Waals surface area (Å²) in [6.07, 6.45) is 0.770. The molecule has 7 nitrogen and oxygen atoms in total. The molecule has 0 aliphatic carbocycles. The van der Waals surface area contributed by atoms with Crippen LogP contribution < -0.4 is 10.4 Å². The van der Waals surface area contributed by atoms with Crippen LogP contribution in [0.5, 0.6) is 10.8 Å². The van der Waals surface area contributed by atoms with Crippen molar-refractivity contribution in [1.82, 2.24) is 19.3 Å². The van der Waals surface area contributed by atoms with Gasteiger partial charge in [-0.15, -0.1) is 5.10 Å². The molecule has 4 aromatic rings. The van der Waals surface area contributed by atoms with Gasteiger partial charge in [0, 0.05) is 12.5 Å². The number of aliphatic hydroxyl groups is 1. The first kappa shape index (κ1) is 20.6. The van der Waals surface area contributed by atoms with Gasteiger partial charge in [-0.25, -0.2) is 14.2 Å². The number of aliphatic hydroxyl groups excluding tert-OH is 1. The van der Waals surface area contributed by atoms with Crippen molar-refractivity contribution in [2.24, 2.45) is 0 Å². The fourth-order valence-electron chi connectivity index (χ4n) is 3.94. The maximum absolute atomic E-state index is 14.9. The van der Waals surface area contributed by atoms with Crippen LogP contribution in [-0.2, 0) is 6.42 Å². The van der Waals surface area contributed by atoms with Crippen LogP contribution in [-0.4, -0.2) is 24.4 Å². The summed E-state index contributed by atoms with van der Waals surface area (Å²) in [6, 6.07) is 14.1. The molecule has 2 aromatic heterocycles. The second-order valence-electron chi connectivity index (χ2n) is 7.76. The molecule has 0 spiro atoms. The van der Waals surface area contributed by atoms with E-state index in [0.29, 0.717) is 33.7 Å². The van der Waals surface area contributed by atoms with Crippen molar-refractivity contribution < 1.29 is 14.2 Å². The van der Waals surface area contributed by atoms with Gasteiger partial charge in [0.05, 0.1) is 17.4 Å². The largest absolute Gasteiger partial charge is 0.442 e. The molecule has 5 rings (SSSR count). The number of hydrogen-bond acceptors (Lipinski definition) is 6. The number of hydrogen-bond donors (Lipinski definition) is 1. The molecule has 0 amide bonds. The van der Waals surface area contributed by atoms with Gasteiger partial charge in [-0.3, -0.25) is 4.57 Å². The predicted octanol–water partition coefficient (Wildman–Crippen LogP) is 4.32. The molecule has 1 aliphatic rings. The van der Waals surface area contributed by atoms with E-state index in [1.165, 1.54) is 28.2 Å². The summed E-state index contributed by atoms with van der Waals surface area (Å²) < 4.78 is 23.5. The Labute approximate surface area is 187 Å². The van der Waals surface area contributed by atoms with E-state index in [0.717, 1.165) is 12.0 Å². The first-order valence-corrected chi connectivity index (χ1v) is 11.1. The van der Waals surface area contributed by atoms with E-state index in [2.05, 4.69) is 10.1 Å². The van der Waals surface area contributed by atoms with Gasteiger partial charge in [0.25, 0.3) is 0 Å². The molecule has 2 aromatic carbocycles. The van der Waals surface area contributed by atoms with Crippen LogP contribution in [0.4, 0.5) is 4.39 Å². The Hall–Kier alpha value is -3.30. The van der Waals surface area contributed by atoms with Crippen molar-refractivity contribution in [3.8, 4) is 16.5 Å². The van der Waals surface area contributed by atoms with Crippen molar-refractivity contribution in [1.29, 1.82) is 0 Å². The smallest absolute Gasteiger partial charge is 0.351 e. The van der Waals surface area contributed by atoms with Gasteiger partial charge in [-0.2, -0.15) is 4.68 Å². The highest BCUT2D eigenvalue weighted by atomic mass is 32.1. The van der Waals surface area contributed by atoms with Crippen molar-refractivity contribution in [2.45, 2.75) is 38.8 Å². The fourth-order valence-corrected chi connectivity index (χ4v) is 4.80. The second-order valence-corrected chi connectivity index (χ2v) is 8.76. The van der Waals surface area contributed by atoms with Crippen molar-refractivity contribution in [3.05, 3.63) is 86.9 Å². The lowest BCUT2D eigenvalue weighted by atomic mass is 10.1. The number of aromatic nitrogens is 4. The third-order valence-corrected chi connectivity index (χ3v) is 6.71. The lowest BCUT2D eigenvalue weighted by Crippen LogP contribution is -2.26. The van der Waals surface area contributed by atoms with Gasteiger partial charge < -0.3 is 9.84 Å². The van der Waals surface area contributed by atoms with Crippen molar-refractivity contribution in [2.75, 3.05) is 0 Å². The maximum atomic E-state index is 14.9. The van der Waals surface area contributed by atoms with Gasteiger partial charge >= 0.3 is 5.69 Å². The van der Waals surface area contributed by atoms with E-state index in [1.54, 1.807) is 24.5 Å². The molecule has 1 aliphatic heterocycles. The molecule has 0 saturated carbocycles. The molecular formula is C23H21FN4O3S. The summed E-state index contributed by atoms with van der Waals surface area (Å²) in [6.45, 7) is 3.35. The molecule has 0 bridgehead atoms. The molecule has 3 heterocycles. The highest BCUT2D eigenvalue weighted by molar-refractivity contribution is 7.13. The third-order valence-electron chi connectivity index (χ3n) is 5.51. The monoisotopic (exact) mass is 452 g/mol. The summed E-state index contributed by atoms with van der Waals surface area (Å²) >= 11 is 1.17. The molecule has 9 heteroatoms. The lowest BCUT2D eigenvalue weighted by molar-refractivity contribution is 0.198. The van der Waals surface area contributed by atoms with Gasteiger partial charge in [-0.05, 0) is 38.0 Å². The number of nitrogens with zero attached hydrogens (tertiary/aromatic N) is 4. The van der Waals surface area contributed by atoms with Crippen molar-refractivity contribution >= 4 is 11.3 Å². The first-order chi connectivity index (χ1) is 15.4. The zero-order valence-corrected chi connectivity index (χ0v) is 18.3. The molecule has 0 saturated heterocycles. The van der Waals surface area contributed by atoms with Crippen LogP contribution in [0, 0.1) is 12.7 Å². The number of halogens is 1. The lowest BCUT2D eigenvalue weighted by Gasteiger charge is -2.12. The normalized spacial score (nSPS) is 16.2. The minimum atomic E-state index is -0.724. The number of rotatable bonds is 5. The molecule has 2 atom stereocenters. The summed E-state index contributed by atoms with van der Waals surface area (Å²) in [5.74, 6) is 0.0868. The van der Waals surface area contributed by atoms with Crippen LogP contribution >= 0.6 is 11.3 Å². The van der Waals surface area contributed by atoms with E-state index >= 15 is 0 Å².